The van der Waals surface area contributed by atoms with Crippen molar-refractivity contribution < 1.29 is 4.79 Å². The van der Waals surface area contributed by atoms with Crippen molar-refractivity contribution in [1.29, 1.82) is 0 Å². The Morgan fingerprint density at radius 2 is 2.25 bits per heavy atom. The van der Waals surface area contributed by atoms with E-state index in [-0.39, 0.29) is 6.03 Å². The molecule has 0 aliphatic carbocycles. The number of likely N-dealkylation sites (tertiary alicyclic amines) is 1. The molecule has 1 saturated heterocycles. The largest absolute Gasteiger partial charge is 0.324 e. The predicted octanol–water partition coefficient (Wildman–Crippen LogP) is 3.72. The van der Waals surface area contributed by atoms with Crippen LogP contribution in [-0.2, 0) is 7.05 Å². The van der Waals surface area contributed by atoms with Gasteiger partial charge in [-0.2, -0.15) is 5.10 Å². The van der Waals surface area contributed by atoms with Crippen LogP contribution in [0.1, 0.15) is 54.9 Å². The lowest BCUT2D eigenvalue weighted by molar-refractivity contribution is 0.192. The Morgan fingerprint density at radius 3 is 2.88 bits per heavy atom. The lowest BCUT2D eigenvalue weighted by atomic mass is 9.99. The van der Waals surface area contributed by atoms with Crippen molar-refractivity contribution in [1.82, 2.24) is 19.7 Å². The van der Waals surface area contributed by atoms with Crippen LogP contribution in [0.3, 0.4) is 0 Å². The molecule has 24 heavy (non-hydrogen) atoms. The summed E-state index contributed by atoms with van der Waals surface area (Å²) in [7, 11) is 1.86. The Morgan fingerprint density at radius 1 is 1.46 bits per heavy atom. The second-order valence-corrected chi connectivity index (χ2v) is 7.67. The van der Waals surface area contributed by atoms with E-state index in [1.54, 1.807) is 16.0 Å². The summed E-state index contributed by atoms with van der Waals surface area (Å²) in [6.07, 6.45) is 3.95. The fraction of sp³-hybridized carbons (Fsp3) is 0.588. The van der Waals surface area contributed by atoms with Crippen LogP contribution >= 0.6 is 11.3 Å². The third kappa shape index (κ3) is 3.61. The van der Waals surface area contributed by atoms with Crippen LogP contribution in [0.4, 0.5) is 10.5 Å². The van der Waals surface area contributed by atoms with Gasteiger partial charge in [0.2, 0.25) is 0 Å². The van der Waals surface area contributed by atoms with Crippen molar-refractivity contribution in [3.8, 4) is 0 Å². The normalized spacial score (nSPS) is 18.2. The molecule has 1 fully saturated rings. The minimum atomic E-state index is -0.0450. The van der Waals surface area contributed by atoms with Gasteiger partial charge in [-0.3, -0.25) is 4.68 Å². The average molecular weight is 347 g/mol. The molecule has 1 aliphatic rings. The van der Waals surface area contributed by atoms with E-state index in [0.717, 1.165) is 48.0 Å². The minimum Gasteiger partial charge on any atom is -0.324 e. The number of amides is 2. The Labute approximate surface area is 146 Å². The van der Waals surface area contributed by atoms with E-state index < -0.39 is 0 Å². The van der Waals surface area contributed by atoms with E-state index >= 15 is 0 Å². The summed E-state index contributed by atoms with van der Waals surface area (Å²) in [6.45, 7) is 7.75. The molecule has 1 aliphatic heterocycles. The van der Waals surface area contributed by atoms with Crippen molar-refractivity contribution in [2.45, 2.75) is 45.4 Å². The first-order chi connectivity index (χ1) is 11.4. The van der Waals surface area contributed by atoms with Crippen LogP contribution < -0.4 is 5.32 Å². The zero-order valence-electron chi connectivity index (χ0n) is 14.7. The second-order valence-electron chi connectivity index (χ2n) is 6.78. The molecule has 2 aromatic rings. The fourth-order valence-electron chi connectivity index (χ4n) is 3.03. The van der Waals surface area contributed by atoms with E-state index in [4.69, 9.17) is 4.98 Å². The average Bonchev–Trinajstić information content (AvgIpc) is 3.15. The van der Waals surface area contributed by atoms with Crippen molar-refractivity contribution >= 4 is 23.1 Å². The van der Waals surface area contributed by atoms with E-state index in [2.05, 4.69) is 29.6 Å². The molecule has 0 saturated carbocycles. The molecular weight excluding hydrogens is 322 g/mol. The predicted molar refractivity (Wildman–Crippen MR) is 96.7 cm³/mol. The summed E-state index contributed by atoms with van der Waals surface area (Å²) in [6, 6.07) is -0.0450. The molecule has 3 rings (SSSR count). The van der Waals surface area contributed by atoms with Gasteiger partial charge in [-0.25, -0.2) is 9.78 Å². The number of nitrogens with zero attached hydrogens (tertiary/aromatic N) is 4. The number of piperidine rings is 1. The minimum absolute atomic E-state index is 0.0450. The Hall–Kier alpha value is -1.89. The van der Waals surface area contributed by atoms with Gasteiger partial charge in [0.05, 0.1) is 22.1 Å². The molecule has 7 heteroatoms. The highest BCUT2D eigenvalue weighted by molar-refractivity contribution is 7.09. The van der Waals surface area contributed by atoms with Crippen LogP contribution in [0, 0.1) is 6.92 Å². The van der Waals surface area contributed by atoms with Crippen molar-refractivity contribution in [3.05, 3.63) is 28.0 Å². The summed E-state index contributed by atoms with van der Waals surface area (Å²) < 4.78 is 1.72. The van der Waals surface area contributed by atoms with Crippen LogP contribution in [0.2, 0.25) is 0 Å². The molecule has 3 heterocycles. The van der Waals surface area contributed by atoms with Crippen molar-refractivity contribution in [3.63, 3.8) is 0 Å². The number of rotatable bonds is 3. The number of thiazole rings is 1. The number of aryl methyl sites for hydroxylation is 2. The highest BCUT2D eigenvalue weighted by Gasteiger charge is 2.27. The molecule has 2 amide bonds. The van der Waals surface area contributed by atoms with Gasteiger partial charge in [0.15, 0.2) is 0 Å². The molecule has 0 spiro atoms. The highest BCUT2D eigenvalue weighted by atomic mass is 32.1. The summed E-state index contributed by atoms with van der Waals surface area (Å²) in [5.41, 5.74) is 2.77. The van der Waals surface area contributed by atoms with Gasteiger partial charge in [-0.05, 0) is 25.7 Å². The van der Waals surface area contributed by atoms with Gasteiger partial charge in [0, 0.05) is 37.6 Å². The zero-order valence-corrected chi connectivity index (χ0v) is 15.6. The molecule has 1 N–H and O–H groups in total. The number of urea groups is 1. The summed E-state index contributed by atoms with van der Waals surface area (Å²) in [4.78, 5) is 19.3. The maximum Gasteiger partial charge on any atom is 0.321 e. The number of nitrogens with one attached hydrogen (secondary N) is 1. The Balaban J connectivity index is 1.66. The van der Waals surface area contributed by atoms with E-state index in [1.165, 1.54) is 0 Å². The lowest BCUT2D eigenvalue weighted by Gasteiger charge is -2.31. The van der Waals surface area contributed by atoms with Gasteiger partial charge < -0.3 is 10.2 Å². The molecule has 0 bridgehead atoms. The van der Waals surface area contributed by atoms with Crippen molar-refractivity contribution in [2.24, 2.45) is 7.05 Å². The number of anilines is 1. The maximum atomic E-state index is 12.6. The first-order valence-electron chi connectivity index (χ1n) is 8.45. The van der Waals surface area contributed by atoms with Crippen LogP contribution in [0.5, 0.6) is 0 Å². The second kappa shape index (κ2) is 6.93. The van der Waals surface area contributed by atoms with E-state index in [1.807, 2.05) is 25.1 Å². The first-order valence-corrected chi connectivity index (χ1v) is 9.33. The summed E-state index contributed by atoms with van der Waals surface area (Å²) in [5, 5.41) is 10.6. The lowest BCUT2D eigenvalue weighted by Crippen LogP contribution is -2.41. The smallest absolute Gasteiger partial charge is 0.321 e. The zero-order chi connectivity index (χ0) is 17.3. The summed E-state index contributed by atoms with van der Waals surface area (Å²) in [5.74, 6) is 0.795. The summed E-state index contributed by atoms with van der Waals surface area (Å²) >= 11 is 1.73. The number of carbonyl (C=O) groups excluding carboxylic acids is 1. The fourth-order valence-corrected chi connectivity index (χ4v) is 4.14. The molecule has 130 valence electrons. The SMILES string of the molecule is Cc1nn(C)cc1NC(=O)N1CCC[C@H](c2nc(C(C)C)cs2)C1. The van der Waals surface area contributed by atoms with Gasteiger partial charge in [-0.1, -0.05) is 13.8 Å². The number of aromatic nitrogens is 3. The molecule has 0 radical (unpaired) electrons. The van der Waals surface area contributed by atoms with Gasteiger partial charge in [0.25, 0.3) is 0 Å². The molecule has 2 aromatic heterocycles. The van der Waals surface area contributed by atoms with E-state index in [0.29, 0.717) is 11.8 Å². The Kier molecular flexibility index (Phi) is 4.89. The number of carbonyl (C=O) groups is 1. The number of hydrogen-bond donors (Lipinski definition) is 1. The molecule has 0 aromatic carbocycles. The van der Waals surface area contributed by atoms with Crippen LogP contribution in [0.25, 0.3) is 0 Å². The number of hydrogen-bond acceptors (Lipinski definition) is 4. The quantitative estimate of drug-likeness (QED) is 0.920. The monoisotopic (exact) mass is 347 g/mol. The maximum absolute atomic E-state index is 12.6. The topological polar surface area (TPSA) is 63.1 Å². The van der Waals surface area contributed by atoms with Crippen LogP contribution in [-0.4, -0.2) is 38.8 Å². The molecular formula is C17H25N5OS. The van der Waals surface area contributed by atoms with Gasteiger partial charge in [-0.15, -0.1) is 11.3 Å². The molecule has 6 nitrogen and oxygen atoms in total. The van der Waals surface area contributed by atoms with Gasteiger partial charge in [0.1, 0.15) is 0 Å². The van der Waals surface area contributed by atoms with Crippen molar-refractivity contribution in [2.75, 3.05) is 18.4 Å². The van der Waals surface area contributed by atoms with Gasteiger partial charge >= 0.3 is 6.03 Å². The Bertz CT molecular complexity index is 720. The highest BCUT2D eigenvalue weighted by Crippen LogP contribution is 2.31. The van der Waals surface area contributed by atoms with Crippen LogP contribution in [0.15, 0.2) is 11.6 Å². The standard InChI is InChI=1S/C17H25N5OS/c1-11(2)15-10-24-16(18-15)13-6-5-7-22(8-13)17(23)19-14-9-21(4)20-12(14)3/h9-11,13H,5-8H2,1-4H3,(H,19,23)/t13-/m0/s1. The first kappa shape index (κ1) is 17.0. The molecule has 0 unspecified atom stereocenters. The van der Waals surface area contributed by atoms with E-state index in [9.17, 15) is 4.79 Å². The third-order valence-corrected chi connectivity index (χ3v) is 5.47. The molecule has 1 atom stereocenters. The third-order valence-electron chi connectivity index (χ3n) is 4.44.